The lowest BCUT2D eigenvalue weighted by atomic mass is 9.90. The molecule has 0 bridgehead atoms. The number of aliphatic hydroxyl groups excluding tert-OH is 21. The zero-order chi connectivity index (χ0) is 93.5. The first-order valence-corrected chi connectivity index (χ1v) is 46.3. The summed E-state index contributed by atoms with van der Waals surface area (Å²) < 4.78 is 71.4. The number of hydrogen-bond donors (Lipinski definition) is 25. The van der Waals surface area contributed by atoms with Gasteiger partial charge in [0.05, 0.1) is 70.6 Å². The second-order valence-electron chi connectivity index (χ2n) is 34.9. The second kappa shape index (κ2) is 58.6. The van der Waals surface area contributed by atoms with E-state index in [4.69, 9.17) is 56.8 Å². The van der Waals surface area contributed by atoms with E-state index in [1.165, 1.54) is 141 Å². The molecule has 6 saturated heterocycles. The molecule has 127 heavy (non-hydrogen) atoms. The van der Waals surface area contributed by atoms with Crippen LogP contribution in [0, 0.1) is 0 Å². The van der Waals surface area contributed by atoms with Crippen LogP contribution >= 0.6 is 0 Å². The molecule has 6 aliphatic heterocycles. The average Bonchev–Trinajstić information content (AvgIpc) is 0.745. The molecule has 2 amide bonds. The van der Waals surface area contributed by atoms with Gasteiger partial charge in [0.15, 0.2) is 25.2 Å². The topological polar surface area (TPSA) is 668 Å². The van der Waals surface area contributed by atoms with Gasteiger partial charge in [-0.05, 0) is 19.3 Å². The van der Waals surface area contributed by atoms with Crippen molar-refractivity contribution < 1.29 is 193 Å². The highest BCUT2D eigenvalue weighted by Gasteiger charge is 2.64. The highest BCUT2D eigenvalue weighted by atomic mass is 16.8. The lowest BCUT2D eigenvalue weighted by molar-refractivity contribution is -0.407. The van der Waals surface area contributed by atoms with Gasteiger partial charge in [-0.1, -0.05) is 219 Å². The number of unbranched alkanes of at least 4 members (excludes halogenated alkanes) is 31. The molecular formula is C86H154N2O39. The standard InChI is InChI=1S/C86H154N2O39/c1-4-6-8-10-12-14-16-18-19-20-21-22-23-24-25-27-29-31-33-35-37-39-60(101)88-50(51(96)38-36-34-32-30-28-26-17-15-13-11-9-7-5-2)48-116-80-69(109)68(108)72(58(46-93)119-80)121-82-71(111)78(127-86(84(114)115)41-53(98)63(103)76(125-86)65(105)55(100)43-90)73(59(47-94)120-82)122-79-61(87-49(3)95)74(66(106)56(44-91)117-79)123-81-70(110)77(67(107)57(45-92)118-81)126-85(83(112)113)40-52(97)62(102)75(124-85)64(104)54(99)42-89/h36,38,50-59,61-82,89-94,96-100,102-111H,4-35,37,39-48H2,1-3H3,(H,87,95)(H,88,101)(H,112,113)(H,114,115)/b38-36+/t50-,51+,52?,53?,54+,55+,56?,57?,58?,59?,61?,62+,63+,64+,65+,66-,67-,68+,69?,70?,71?,72+,73-,74+,75?,76?,77-,78+,79-,80+,81-,82-,85-,86-/m0/s1. The molecule has 0 radical (unpaired) electrons. The predicted octanol–water partition coefficient (Wildman–Crippen LogP) is -1.82. The molecule has 6 heterocycles. The number of ether oxygens (including phenoxy) is 12. The lowest BCUT2D eigenvalue weighted by Crippen LogP contribution is -2.72. The maximum atomic E-state index is 13.8. The van der Waals surface area contributed by atoms with Gasteiger partial charge in [0.2, 0.25) is 11.8 Å². The molecule has 41 nitrogen and oxygen atoms in total. The zero-order valence-electron chi connectivity index (χ0n) is 73.9. The van der Waals surface area contributed by atoms with E-state index in [1.807, 2.05) is 0 Å². The first kappa shape index (κ1) is 112. The highest BCUT2D eigenvalue weighted by Crippen LogP contribution is 2.43. The van der Waals surface area contributed by atoms with Crippen LogP contribution in [-0.2, 0) is 76.0 Å². The fourth-order valence-corrected chi connectivity index (χ4v) is 17.1. The Morgan fingerprint density at radius 1 is 0.409 bits per heavy atom. The molecule has 6 aliphatic rings. The summed E-state index contributed by atoms with van der Waals surface area (Å²) in [5.74, 6) is -12.7. The highest BCUT2D eigenvalue weighted by molar-refractivity contribution is 5.77. The van der Waals surface area contributed by atoms with Crippen molar-refractivity contribution in [1.29, 1.82) is 0 Å². The molecule has 0 saturated carbocycles. The summed E-state index contributed by atoms with van der Waals surface area (Å²) in [6, 6.07) is -3.32. The summed E-state index contributed by atoms with van der Waals surface area (Å²) in [6.07, 6.45) is -28.5. The van der Waals surface area contributed by atoms with E-state index in [0.29, 0.717) is 12.8 Å². The van der Waals surface area contributed by atoms with Gasteiger partial charge in [0.25, 0.3) is 11.6 Å². The summed E-state index contributed by atoms with van der Waals surface area (Å²) in [5.41, 5.74) is 0. The largest absolute Gasteiger partial charge is 0.477 e. The number of nitrogens with one attached hydrogen (secondary N) is 2. The Bertz CT molecular complexity index is 3050. The number of carboxylic acid groups (broad SMARTS) is 2. The molecule has 0 aromatic heterocycles. The normalized spacial score (nSPS) is 35.2. The van der Waals surface area contributed by atoms with Crippen molar-refractivity contribution in [2.45, 2.75) is 459 Å². The van der Waals surface area contributed by atoms with Gasteiger partial charge in [0, 0.05) is 26.2 Å². The number of carbonyl (C=O) groups excluding carboxylic acids is 2. The third kappa shape index (κ3) is 33.7. The molecule has 41 heteroatoms. The number of allylic oxidation sites excluding steroid dienone is 1. The minimum Gasteiger partial charge on any atom is -0.477 e. The van der Waals surface area contributed by atoms with Crippen LogP contribution in [0.3, 0.4) is 0 Å². The Balaban J connectivity index is 1.22. The van der Waals surface area contributed by atoms with E-state index in [1.54, 1.807) is 6.08 Å². The number of carboxylic acids is 2. The van der Waals surface area contributed by atoms with Crippen molar-refractivity contribution in [3.8, 4) is 0 Å². The Morgan fingerprint density at radius 3 is 1.19 bits per heavy atom. The van der Waals surface area contributed by atoms with Gasteiger partial charge < -0.3 is 185 Å². The number of amides is 2. The van der Waals surface area contributed by atoms with Crippen LogP contribution < -0.4 is 10.6 Å². The Labute approximate surface area is 742 Å². The van der Waals surface area contributed by atoms with Crippen LogP contribution in [-0.4, -0.2) is 395 Å². The summed E-state index contributed by atoms with van der Waals surface area (Å²) >= 11 is 0. The van der Waals surface area contributed by atoms with Gasteiger partial charge in [-0.3, -0.25) is 9.59 Å². The molecule has 25 N–H and O–H groups in total. The molecule has 742 valence electrons. The van der Waals surface area contributed by atoms with Crippen molar-refractivity contribution in [2.24, 2.45) is 0 Å². The third-order valence-electron chi connectivity index (χ3n) is 24.8. The fraction of sp³-hybridized carbons (Fsp3) is 0.930. The van der Waals surface area contributed by atoms with E-state index in [0.717, 1.165) is 71.1 Å². The molecule has 0 aromatic rings. The first-order valence-electron chi connectivity index (χ1n) is 46.3. The van der Waals surface area contributed by atoms with Gasteiger partial charge in [-0.25, -0.2) is 9.59 Å². The van der Waals surface area contributed by atoms with E-state index in [9.17, 15) is 137 Å². The minimum absolute atomic E-state index is 0.102. The Kier molecular flexibility index (Phi) is 51.7. The number of hydrogen-bond acceptors (Lipinski definition) is 37. The van der Waals surface area contributed by atoms with Crippen molar-refractivity contribution in [3.05, 3.63) is 12.2 Å². The number of aliphatic carboxylic acids is 2. The van der Waals surface area contributed by atoms with Crippen LogP contribution in [0.5, 0.6) is 0 Å². The smallest absolute Gasteiger partial charge is 0.364 e. The maximum Gasteiger partial charge on any atom is 0.364 e. The van der Waals surface area contributed by atoms with E-state index < -0.39 is 290 Å². The van der Waals surface area contributed by atoms with Crippen molar-refractivity contribution in [1.82, 2.24) is 10.6 Å². The Hall–Kier alpha value is -3.70. The van der Waals surface area contributed by atoms with Crippen molar-refractivity contribution in [2.75, 3.05) is 46.2 Å². The van der Waals surface area contributed by atoms with Crippen molar-refractivity contribution >= 4 is 23.8 Å². The monoisotopic (exact) mass is 1840 g/mol. The minimum atomic E-state index is -3.49. The van der Waals surface area contributed by atoms with Gasteiger partial charge in [0.1, 0.15) is 146 Å². The third-order valence-corrected chi connectivity index (χ3v) is 24.8. The summed E-state index contributed by atoms with van der Waals surface area (Å²) in [7, 11) is 0. The van der Waals surface area contributed by atoms with Crippen LogP contribution in [0.2, 0.25) is 0 Å². The number of carbonyl (C=O) groups is 4. The molecule has 34 atom stereocenters. The van der Waals surface area contributed by atoms with Crippen LogP contribution in [0.4, 0.5) is 0 Å². The van der Waals surface area contributed by atoms with Gasteiger partial charge in [-0.15, -0.1) is 0 Å². The van der Waals surface area contributed by atoms with Crippen LogP contribution in [0.15, 0.2) is 12.2 Å². The lowest BCUT2D eigenvalue weighted by Gasteiger charge is -2.52. The maximum absolute atomic E-state index is 13.8. The fourth-order valence-electron chi connectivity index (χ4n) is 17.1. The number of rotatable bonds is 63. The quantitative estimate of drug-likeness (QED) is 0.0236. The molecule has 6 fully saturated rings. The second-order valence-corrected chi connectivity index (χ2v) is 34.9. The number of aliphatic hydroxyl groups is 21. The first-order chi connectivity index (χ1) is 60.8. The average molecular weight is 1840 g/mol. The SMILES string of the molecule is CCCCCCCCCCCCC/C=C/[C@@H](O)[C@H](CO[C@@H]1OC(CO)[C@@H](O[C@@H]2OC(CO)[C@H](O[C@@H]3OC(CO)[C@H](O)[C@H](O[C@@H]4OC(CO)[C@H](O)[C@H](O[C@]5(C(=O)O)CC(O)[C@@H](O)C([C@H](O)[C@H](O)CO)O5)C4O)C3NC(C)=O)[C@H](O[C@]3(C(=O)O)CC(O)[C@@H](O)C([C@H](O)[C@H](O)CO)O3)C2O)[C@H](O)C1O)NC(=O)CCCCCCCCCCCCCCCCCCCCCCC. The van der Waals surface area contributed by atoms with Crippen molar-refractivity contribution in [3.63, 3.8) is 0 Å². The van der Waals surface area contributed by atoms with E-state index in [-0.39, 0.29) is 6.42 Å². The molecule has 12 unspecified atom stereocenters. The molecular weight excluding hydrogens is 1680 g/mol. The molecule has 6 rings (SSSR count). The van der Waals surface area contributed by atoms with Crippen LogP contribution in [0.25, 0.3) is 0 Å². The summed E-state index contributed by atoms with van der Waals surface area (Å²) in [6.45, 7) is -2.64. The Morgan fingerprint density at radius 2 is 0.772 bits per heavy atom. The molecule has 0 aliphatic carbocycles. The summed E-state index contributed by atoms with van der Waals surface area (Å²) in [4.78, 5) is 54.1. The zero-order valence-corrected chi connectivity index (χ0v) is 73.9. The predicted molar refractivity (Wildman–Crippen MR) is 444 cm³/mol. The van der Waals surface area contributed by atoms with Gasteiger partial charge >= 0.3 is 11.9 Å². The van der Waals surface area contributed by atoms with Crippen LogP contribution in [0.1, 0.15) is 252 Å². The van der Waals surface area contributed by atoms with E-state index >= 15 is 0 Å². The van der Waals surface area contributed by atoms with Gasteiger partial charge in [-0.2, -0.15) is 0 Å². The molecule has 0 spiro atoms. The summed E-state index contributed by atoms with van der Waals surface area (Å²) in [5, 5.41) is 261. The molecule has 0 aromatic carbocycles. The van der Waals surface area contributed by atoms with E-state index in [2.05, 4.69) is 24.5 Å².